The van der Waals surface area contributed by atoms with E-state index in [4.69, 9.17) is 0 Å². The van der Waals surface area contributed by atoms with E-state index in [1.54, 1.807) is 11.3 Å². The number of rotatable bonds is 8. The summed E-state index contributed by atoms with van der Waals surface area (Å²) in [5.41, 5.74) is 1.40. The minimum Gasteiger partial charge on any atom is -0.317 e. The van der Waals surface area contributed by atoms with Gasteiger partial charge in [0.05, 0.1) is 0 Å². The minimum absolute atomic E-state index is 1.01. The van der Waals surface area contributed by atoms with Crippen LogP contribution in [-0.2, 0) is 6.54 Å². The molecule has 1 aromatic rings. The maximum atomic E-state index is 3.43. The lowest BCUT2D eigenvalue weighted by atomic mass is 10.3. The lowest BCUT2D eigenvalue weighted by Gasteiger charge is -2.04. The van der Waals surface area contributed by atoms with Crippen molar-refractivity contribution in [3.63, 3.8) is 0 Å². The molecule has 0 aliphatic rings. The predicted molar refractivity (Wildman–Crippen MR) is 63.8 cm³/mol. The molecule has 0 aliphatic heterocycles. The number of hydrogen-bond donors (Lipinski definition) is 2. The van der Waals surface area contributed by atoms with Gasteiger partial charge in [-0.15, -0.1) is 0 Å². The first-order valence-electron chi connectivity index (χ1n) is 5.36. The molecule has 0 unspecified atom stereocenters. The molecule has 0 aliphatic carbocycles. The first-order chi connectivity index (χ1) is 6.93. The highest BCUT2D eigenvalue weighted by Gasteiger charge is 1.91. The summed E-state index contributed by atoms with van der Waals surface area (Å²) < 4.78 is 0. The lowest BCUT2D eigenvalue weighted by Crippen LogP contribution is -2.22. The van der Waals surface area contributed by atoms with Crippen LogP contribution in [0.4, 0.5) is 0 Å². The zero-order valence-corrected chi connectivity index (χ0v) is 9.70. The first kappa shape index (κ1) is 11.7. The third-order valence-corrected chi connectivity index (χ3v) is 2.78. The molecule has 0 radical (unpaired) electrons. The van der Waals surface area contributed by atoms with Crippen molar-refractivity contribution in [1.82, 2.24) is 10.6 Å². The van der Waals surface area contributed by atoms with Crippen molar-refractivity contribution in [2.75, 3.05) is 19.6 Å². The van der Waals surface area contributed by atoms with Gasteiger partial charge in [-0.1, -0.05) is 6.92 Å². The quantitative estimate of drug-likeness (QED) is 0.646. The van der Waals surface area contributed by atoms with Crippen molar-refractivity contribution >= 4 is 11.3 Å². The Kier molecular flexibility index (Phi) is 6.66. The van der Waals surface area contributed by atoms with Crippen LogP contribution in [-0.4, -0.2) is 19.6 Å². The van der Waals surface area contributed by atoms with Crippen LogP contribution in [0.1, 0.15) is 25.3 Å². The fraction of sp³-hybridized carbons (Fsp3) is 0.636. The SMILES string of the molecule is CCCNCCCNCc1ccsc1. The summed E-state index contributed by atoms with van der Waals surface area (Å²) in [5, 5.41) is 11.1. The smallest absolute Gasteiger partial charge is 0.0213 e. The lowest BCUT2D eigenvalue weighted by molar-refractivity contribution is 0.592. The molecule has 1 heterocycles. The molecule has 0 bridgehead atoms. The highest BCUT2D eigenvalue weighted by atomic mass is 32.1. The van der Waals surface area contributed by atoms with Gasteiger partial charge in [-0.3, -0.25) is 0 Å². The Balaban J connectivity index is 1.85. The summed E-state index contributed by atoms with van der Waals surface area (Å²) in [5.74, 6) is 0. The maximum Gasteiger partial charge on any atom is 0.0213 e. The van der Waals surface area contributed by atoms with Crippen LogP contribution in [0.2, 0.25) is 0 Å². The van der Waals surface area contributed by atoms with Gasteiger partial charge in [-0.05, 0) is 54.9 Å². The molecule has 3 heteroatoms. The Labute approximate surface area is 90.7 Å². The van der Waals surface area contributed by atoms with Gasteiger partial charge in [-0.2, -0.15) is 11.3 Å². The number of nitrogens with one attached hydrogen (secondary N) is 2. The summed E-state index contributed by atoms with van der Waals surface area (Å²) in [4.78, 5) is 0. The molecule has 0 saturated carbocycles. The second-order valence-corrected chi connectivity index (χ2v) is 4.19. The molecule has 1 rings (SSSR count). The largest absolute Gasteiger partial charge is 0.317 e. The van der Waals surface area contributed by atoms with Gasteiger partial charge >= 0.3 is 0 Å². The third kappa shape index (κ3) is 5.37. The zero-order chi connectivity index (χ0) is 10.1. The molecule has 0 amide bonds. The second-order valence-electron chi connectivity index (χ2n) is 3.41. The minimum atomic E-state index is 1.01. The van der Waals surface area contributed by atoms with Crippen molar-refractivity contribution in [3.8, 4) is 0 Å². The molecule has 2 nitrogen and oxygen atoms in total. The van der Waals surface area contributed by atoms with Crippen molar-refractivity contribution in [2.45, 2.75) is 26.3 Å². The molecular weight excluding hydrogens is 192 g/mol. The van der Waals surface area contributed by atoms with Crippen molar-refractivity contribution < 1.29 is 0 Å². The monoisotopic (exact) mass is 212 g/mol. The van der Waals surface area contributed by atoms with E-state index < -0.39 is 0 Å². The van der Waals surface area contributed by atoms with Crippen LogP contribution < -0.4 is 10.6 Å². The Morgan fingerprint density at radius 1 is 1.21 bits per heavy atom. The molecule has 0 aromatic carbocycles. The Morgan fingerprint density at radius 3 is 2.79 bits per heavy atom. The molecule has 0 fully saturated rings. The van der Waals surface area contributed by atoms with E-state index in [2.05, 4.69) is 34.4 Å². The average molecular weight is 212 g/mol. The predicted octanol–water partition coefficient (Wildman–Crippen LogP) is 2.23. The van der Waals surface area contributed by atoms with Gasteiger partial charge in [0.1, 0.15) is 0 Å². The normalized spacial score (nSPS) is 10.6. The standard InChI is InChI=1S/C11H20N2S/c1-2-5-12-6-3-7-13-9-11-4-8-14-10-11/h4,8,10,12-13H,2-3,5-7,9H2,1H3. The van der Waals surface area contributed by atoms with Crippen LogP contribution in [0.15, 0.2) is 16.8 Å². The fourth-order valence-electron chi connectivity index (χ4n) is 1.27. The molecule has 0 atom stereocenters. The van der Waals surface area contributed by atoms with Crippen LogP contribution in [0, 0.1) is 0 Å². The molecule has 80 valence electrons. The van der Waals surface area contributed by atoms with E-state index in [1.807, 2.05) is 0 Å². The van der Waals surface area contributed by atoms with Gasteiger partial charge in [-0.25, -0.2) is 0 Å². The van der Waals surface area contributed by atoms with Crippen LogP contribution in [0.3, 0.4) is 0 Å². The van der Waals surface area contributed by atoms with E-state index in [0.29, 0.717) is 0 Å². The molecule has 0 saturated heterocycles. The number of thiophene rings is 1. The van der Waals surface area contributed by atoms with E-state index in [0.717, 1.165) is 26.2 Å². The van der Waals surface area contributed by atoms with E-state index in [1.165, 1.54) is 18.4 Å². The fourth-order valence-corrected chi connectivity index (χ4v) is 1.93. The van der Waals surface area contributed by atoms with Gasteiger partial charge in [0.15, 0.2) is 0 Å². The van der Waals surface area contributed by atoms with Gasteiger partial charge < -0.3 is 10.6 Å². The van der Waals surface area contributed by atoms with Crippen molar-refractivity contribution in [1.29, 1.82) is 0 Å². The highest BCUT2D eigenvalue weighted by molar-refractivity contribution is 7.07. The third-order valence-electron chi connectivity index (χ3n) is 2.04. The second kappa shape index (κ2) is 7.97. The average Bonchev–Trinajstić information content (AvgIpc) is 2.69. The topological polar surface area (TPSA) is 24.1 Å². The van der Waals surface area contributed by atoms with Crippen molar-refractivity contribution in [3.05, 3.63) is 22.4 Å². The summed E-state index contributed by atoms with van der Waals surface area (Å²) in [6, 6.07) is 2.17. The van der Waals surface area contributed by atoms with Gasteiger partial charge in [0, 0.05) is 6.54 Å². The van der Waals surface area contributed by atoms with E-state index >= 15 is 0 Å². The Morgan fingerprint density at radius 2 is 2.07 bits per heavy atom. The Hall–Kier alpha value is -0.380. The molecule has 2 N–H and O–H groups in total. The molecule has 0 spiro atoms. The highest BCUT2D eigenvalue weighted by Crippen LogP contribution is 2.04. The number of hydrogen-bond acceptors (Lipinski definition) is 3. The zero-order valence-electron chi connectivity index (χ0n) is 8.88. The molecule has 1 aromatic heterocycles. The summed E-state index contributed by atoms with van der Waals surface area (Å²) >= 11 is 1.76. The van der Waals surface area contributed by atoms with Gasteiger partial charge in [0.25, 0.3) is 0 Å². The molecule has 14 heavy (non-hydrogen) atoms. The van der Waals surface area contributed by atoms with Crippen LogP contribution >= 0.6 is 11.3 Å². The maximum absolute atomic E-state index is 3.43. The first-order valence-corrected chi connectivity index (χ1v) is 6.30. The van der Waals surface area contributed by atoms with Crippen LogP contribution in [0.25, 0.3) is 0 Å². The van der Waals surface area contributed by atoms with Crippen LogP contribution in [0.5, 0.6) is 0 Å². The summed E-state index contributed by atoms with van der Waals surface area (Å²) in [6.45, 7) is 6.58. The molecular formula is C11H20N2S. The van der Waals surface area contributed by atoms with E-state index in [-0.39, 0.29) is 0 Å². The summed E-state index contributed by atoms with van der Waals surface area (Å²) in [6.07, 6.45) is 2.44. The van der Waals surface area contributed by atoms with E-state index in [9.17, 15) is 0 Å². The Bertz CT molecular complexity index is 209. The van der Waals surface area contributed by atoms with Gasteiger partial charge in [0.2, 0.25) is 0 Å². The van der Waals surface area contributed by atoms with Crippen molar-refractivity contribution in [2.24, 2.45) is 0 Å². The summed E-state index contributed by atoms with van der Waals surface area (Å²) in [7, 11) is 0.